The van der Waals surface area contributed by atoms with E-state index in [1.54, 1.807) is 12.1 Å². The zero-order chi connectivity index (χ0) is 18.3. The summed E-state index contributed by atoms with van der Waals surface area (Å²) in [4.78, 5) is 50.9. The molecule has 0 saturated carbocycles. The first-order valence-electron chi connectivity index (χ1n) is 8.72. The Morgan fingerprint density at radius 2 is 1.48 bits per heavy atom. The number of hydrogen-bond donors (Lipinski definition) is 1. The van der Waals surface area contributed by atoms with E-state index < -0.39 is 17.7 Å². The highest BCUT2D eigenvalue weighted by atomic mass is 16.2. The van der Waals surface area contributed by atoms with Crippen LogP contribution in [0.1, 0.15) is 58.5 Å². The molecular weight excluding hydrogens is 320 g/mol. The van der Waals surface area contributed by atoms with E-state index in [-0.39, 0.29) is 30.3 Å². The fourth-order valence-electron chi connectivity index (χ4n) is 3.88. The molecule has 1 N–H and O–H groups in total. The van der Waals surface area contributed by atoms with E-state index in [9.17, 15) is 19.2 Å². The molecule has 4 rings (SSSR count). The fraction of sp³-hybridized carbons (Fsp3) is 0.474. The molecule has 1 aromatic rings. The Hall–Kier alpha value is -2.34. The molecule has 1 fully saturated rings. The maximum Gasteiger partial charge on any atom is 0.230 e. The van der Waals surface area contributed by atoms with Gasteiger partial charge in [-0.25, -0.2) is 0 Å². The second-order valence-electron chi connectivity index (χ2n) is 6.60. The van der Waals surface area contributed by atoms with E-state index in [0.29, 0.717) is 11.1 Å². The number of carbonyl (C=O) groups is 4. The molecule has 132 valence electrons. The standard InChI is InChI=1S/C17H16N2O4.C2H6/c1-19-6-8-4-11-12(5-9(8)7-19)16(22)14(15(11)21)10-2-3-13(20)18-17(10)23;1-2/h4-5,10,14H,2-3,6-7H2,1H3,(H,18,20,23);1-2H3. The number of piperidine rings is 1. The molecule has 2 aliphatic heterocycles. The average Bonchev–Trinajstić information content (AvgIpc) is 3.06. The highest BCUT2D eigenvalue weighted by molar-refractivity contribution is 6.28. The molecule has 2 heterocycles. The zero-order valence-corrected chi connectivity index (χ0v) is 14.7. The summed E-state index contributed by atoms with van der Waals surface area (Å²) < 4.78 is 0. The largest absolute Gasteiger partial charge is 0.298 e. The molecular formula is C19H22N2O4. The van der Waals surface area contributed by atoms with Crippen molar-refractivity contribution < 1.29 is 19.2 Å². The number of Topliss-reactive ketones (excluding diaryl/α,β-unsaturated/α-hetero) is 2. The van der Waals surface area contributed by atoms with Gasteiger partial charge in [0.2, 0.25) is 11.8 Å². The van der Waals surface area contributed by atoms with Crippen molar-refractivity contribution in [3.05, 3.63) is 34.4 Å². The minimum absolute atomic E-state index is 0.172. The minimum Gasteiger partial charge on any atom is -0.298 e. The zero-order valence-electron chi connectivity index (χ0n) is 14.7. The summed E-state index contributed by atoms with van der Waals surface area (Å²) in [7, 11) is 1.99. The highest BCUT2D eigenvalue weighted by Crippen LogP contribution is 2.37. The van der Waals surface area contributed by atoms with Crippen LogP contribution >= 0.6 is 0 Å². The summed E-state index contributed by atoms with van der Waals surface area (Å²) in [5.74, 6) is -3.12. The van der Waals surface area contributed by atoms with Crippen LogP contribution in [-0.2, 0) is 22.7 Å². The molecule has 1 aliphatic carbocycles. The van der Waals surface area contributed by atoms with Crippen LogP contribution in [0.4, 0.5) is 0 Å². The van der Waals surface area contributed by atoms with Gasteiger partial charge in [-0.15, -0.1) is 0 Å². The predicted molar refractivity (Wildman–Crippen MR) is 91.0 cm³/mol. The van der Waals surface area contributed by atoms with Gasteiger partial charge in [-0.05, 0) is 36.7 Å². The molecule has 1 atom stereocenters. The lowest BCUT2D eigenvalue weighted by Gasteiger charge is -2.24. The maximum absolute atomic E-state index is 12.7. The first kappa shape index (κ1) is 17.5. The number of hydrogen-bond acceptors (Lipinski definition) is 5. The summed E-state index contributed by atoms with van der Waals surface area (Å²) in [5.41, 5.74) is 2.99. The lowest BCUT2D eigenvalue weighted by Crippen LogP contribution is -2.46. The third-order valence-electron chi connectivity index (χ3n) is 5.00. The van der Waals surface area contributed by atoms with Gasteiger partial charge in [-0.2, -0.15) is 0 Å². The van der Waals surface area contributed by atoms with Crippen LogP contribution in [0, 0.1) is 11.8 Å². The summed E-state index contributed by atoms with van der Waals surface area (Å²) in [6.07, 6.45) is 0.425. The summed E-state index contributed by atoms with van der Waals surface area (Å²) in [6.45, 7) is 5.51. The fourth-order valence-corrected chi connectivity index (χ4v) is 3.88. The quantitative estimate of drug-likeness (QED) is 0.620. The molecule has 25 heavy (non-hydrogen) atoms. The van der Waals surface area contributed by atoms with Gasteiger partial charge in [-0.1, -0.05) is 13.8 Å². The molecule has 0 bridgehead atoms. The van der Waals surface area contributed by atoms with Crippen molar-refractivity contribution in [1.29, 1.82) is 0 Å². The van der Waals surface area contributed by atoms with Crippen molar-refractivity contribution in [2.75, 3.05) is 7.05 Å². The van der Waals surface area contributed by atoms with Crippen LogP contribution in [0.2, 0.25) is 0 Å². The molecule has 1 unspecified atom stereocenters. The molecule has 1 aromatic carbocycles. The number of benzene rings is 1. The molecule has 6 heteroatoms. The van der Waals surface area contributed by atoms with Crippen molar-refractivity contribution in [3.63, 3.8) is 0 Å². The Kier molecular flexibility index (Phi) is 4.56. The second kappa shape index (κ2) is 6.52. The number of amides is 2. The number of nitrogens with zero attached hydrogens (tertiary/aromatic N) is 1. The molecule has 2 amide bonds. The Morgan fingerprint density at radius 1 is 0.960 bits per heavy atom. The van der Waals surface area contributed by atoms with Gasteiger partial charge >= 0.3 is 0 Å². The Bertz CT molecular complexity index is 739. The highest BCUT2D eigenvalue weighted by Gasteiger charge is 2.48. The van der Waals surface area contributed by atoms with E-state index >= 15 is 0 Å². The first-order valence-corrected chi connectivity index (χ1v) is 8.72. The van der Waals surface area contributed by atoms with Crippen LogP contribution in [0.25, 0.3) is 0 Å². The van der Waals surface area contributed by atoms with Crippen LogP contribution in [0.15, 0.2) is 12.1 Å². The Balaban J connectivity index is 0.000000880. The Labute approximate surface area is 146 Å². The van der Waals surface area contributed by atoms with Gasteiger partial charge in [0, 0.05) is 30.6 Å². The number of nitrogens with one attached hydrogen (secondary N) is 1. The van der Waals surface area contributed by atoms with Gasteiger partial charge in [0.25, 0.3) is 0 Å². The second-order valence-corrected chi connectivity index (χ2v) is 6.60. The van der Waals surface area contributed by atoms with Crippen LogP contribution in [0.5, 0.6) is 0 Å². The van der Waals surface area contributed by atoms with Crippen molar-refractivity contribution >= 4 is 23.4 Å². The van der Waals surface area contributed by atoms with Crippen molar-refractivity contribution in [1.82, 2.24) is 10.2 Å². The molecule has 0 spiro atoms. The Morgan fingerprint density at radius 3 is 1.96 bits per heavy atom. The van der Waals surface area contributed by atoms with Gasteiger partial charge in [0.05, 0.1) is 11.8 Å². The third-order valence-corrected chi connectivity index (χ3v) is 5.00. The molecule has 6 nitrogen and oxygen atoms in total. The molecule has 0 aromatic heterocycles. The van der Waals surface area contributed by atoms with E-state index in [2.05, 4.69) is 10.2 Å². The summed E-state index contributed by atoms with van der Waals surface area (Å²) in [6, 6.07) is 3.61. The lowest BCUT2D eigenvalue weighted by atomic mass is 9.82. The summed E-state index contributed by atoms with van der Waals surface area (Å²) >= 11 is 0. The maximum atomic E-state index is 12.7. The molecule has 1 saturated heterocycles. The predicted octanol–water partition coefficient (Wildman–Crippen LogP) is 1.71. The van der Waals surface area contributed by atoms with Crippen molar-refractivity contribution in [2.45, 2.75) is 39.8 Å². The van der Waals surface area contributed by atoms with Crippen molar-refractivity contribution in [3.8, 4) is 0 Å². The van der Waals surface area contributed by atoms with E-state index in [1.165, 1.54) is 0 Å². The molecule has 3 aliphatic rings. The van der Waals surface area contributed by atoms with Crippen LogP contribution in [0.3, 0.4) is 0 Å². The number of imide groups is 1. The van der Waals surface area contributed by atoms with Gasteiger partial charge in [0.15, 0.2) is 11.6 Å². The number of rotatable bonds is 1. The first-order chi connectivity index (χ1) is 12.0. The normalized spacial score (nSPS) is 23.1. The van der Waals surface area contributed by atoms with Gasteiger partial charge in [-0.3, -0.25) is 29.4 Å². The monoisotopic (exact) mass is 342 g/mol. The van der Waals surface area contributed by atoms with Gasteiger partial charge < -0.3 is 0 Å². The van der Waals surface area contributed by atoms with E-state index in [0.717, 1.165) is 24.2 Å². The third kappa shape index (κ3) is 2.80. The van der Waals surface area contributed by atoms with Crippen molar-refractivity contribution in [2.24, 2.45) is 11.8 Å². The lowest BCUT2D eigenvalue weighted by molar-refractivity contribution is -0.137. The van der Waals surface area contributed by atoms with E-state index in [1.807, 2.05) is 20.9 Å². The SMILES string of the molecule is CC.CN1Cc2cc3c(cc2C1)C(=O)C(C1CCC(=O)NC1=O)C3=O. The van der Waals surface area contributed by atoms with Crippen LogP contribution in [-0.4, -0.2) is 35.3 Å². The number of ketones is 2. The number of carbonyl (C=O) groups excluding carboxylic acids is 4. The smallest absolute Gasteiger partial charge is 0.230 e. The average molecular weight is 342 g/mol. The molecule has 0 radical (unpaired) electrons. The van der Waals surface area contributed by atoms with Gasteiger partial charge in [0.1, 0.15) is 0 Å². The topological polar surface area (TPSA) is 83.6 Å². The minimum atomic E-state index is -0.974. The summed E-state index contributed by atoms with van der Waals surface area (Å²) in [5, 5.41) is 2.24. The van der Waals surface area contributed by atoms with Crippen LogP contribution < -0.4 is 5.32 Å². The van der Waals surface area contributed by atoms with E-state index in [4.69, 9.17) is 0 Å². The number of fused-ring (bicyclic) bond motifs is 2.